The summed E-state index contributed by atoms with van der Waals surface area (Å²) >= 11 is 0. The van der Waals surface area contributed by atoms with E-state index in [-0.39, 0.29) is 54.4 Å². The van der Waals surface area contributed by atoms with Crippen LogP contribution in [0.25, 0.3) is 0 Å². The van der Waals surface area contributed by atoms with Crippen molar-refractivity contribution in [2.45, 2.75) is 117 Å². The lowest BCUT2D eigenvalue weighted by Crippen LogP contribution is -2.60. The minimum absolute atomic E-state index is 0.00769. The number of hydrogen-bond acceptors (Lipinski definition) is 10. The van der Waals surface area contributed by atoms with Crippen LogP contribution in [-0.2, 0) is 33.3 Å². The summed E-state index contributed by atoms with van der Waals surface area (Å²) in [6.45, 7) is 18.2. The Balaban J connectivity index is 1.86. The van der Waals surface area contributed by atoms with Crippen molar-refractivity contribution in [3.8, 4) is 0 Å². The van der Waals surface area contributed by atoms with E-state index in [1.54, 1.807) is 25.9 Å². The predicted octanol–water partition coefficient (Wildman–Crippen LogP) is 3.15. The molecule has 0 saturated carbocycles. The maximum Gasteiger partial charge on any atom is 0.319 e. The molecule has 46 heavy (non-hydrogen) atoms. The summed E-state index contributed by atoms with van der Waals surface area (Å²) in [6.07, 6.45) is 1.07. The highest BCUT2D eigenvalue weighted by atomic mass is 16.7. The number of esters is 1. The van der Waals surface area contributed by atoms with Gasteiger partial charge in [0.2, 0.25) is 5.91 Å². The number of amides is 1. The Kier molecular flexibility index (Phi) is 13.3. The van der Waals surface area contributed by atoms with Gasteiger partial charge in [0.15, 0.2) is 12.1 Å². The molecule has 3 aliphatic rings. The molecule has 11 heteroatoms. The largest absolute Gasteiger partial charge is 0.463 e. The molecule has 3 saturated heterocycles. The Hall–Kier alpha value is -1.63. The molecule has 1 amide bonds. The molecule has 0 aromatic carbocycles. The van der Waals surface area contributed by atoms with Crippen molar-refractivity contribution in [3.05, 3.63) is 0 Å². The number of methoxy groups -OCH3 is 1. The maximum atomic E-state index is 14.2. The van der Waals surface area contributed by atoms with Crippen molar-refractivity contribution >= 4 is 17.7 Å². The van der Waals surface area contributed by atoms with Gasteiger partial charge in [0.05, 0.1) is 24.4 Å². The van der Waals surface area contributed by atoms with E-state index < -0.39 is 35.3 Å². The number of rotatable bonds is 8. The fraction of sp³-hybridized carbons (Fsp3) is 0.914. The highest BCUT2D eigenvalue weighted by Crippen LogP contribution is 2.38. The number of hydrogen-bond donors (Lipinski definition) is 0. The first kappa shape index (κ1) is 38.8. The molecular weight excluding hydrogens is 588 g/mol. The van der Waals surface area contributed by atoms with Crippen molar-refractivity contribution in [1.82, 2.24) is 19.6 Å². The van der Waals surface area contributed by atoms with Crippen molar-refractivity contribution in [3.63, 3.8) is 0 Å². The molecular formula is C35H64N4O7. The SMILES string of the molecule is CO[C@]1(C)C[C@@H](C)CN(C)C(C2CN(CC(=O)N(C)C(C)C)C2)COC(=O)C(C)(C)C(=O)[C@H](C)[C@H]1O[C@H]1C[C@@H](N(C)C)C[C@@H](C)O1. The number of ether oxygens (including phenoxy) is 4. The third-order valence-electron chi connectivity index (χ3n) is 10.9. The van der Waals surface area contributed by atoms with E-state index in [4.69, 9.17) is 18.9 Å². The van der Waals surface area contributed by atoms with Crippen molar-refractivity contribution < 1.29 is 33.3 Å². The molecule has 3 rings (SSSR count). The Bertz CT molecular complexity index is 1050. The smallest absolute Gasteiger partial charge is 0.319 e. The fourth-order valence-electron chi connectivity index (χ4n) is 7.58. The van der Waals surface area contributed by atoms with Crippen LogP contribution in [0.15, 0.2) is 0 Å². The number of likely N-dealkylation sites (tertiary alicyclic amines) is 1. The van der Waals surface area contributed by atoms with Crippen LogP contribution in [-0.4, -0.2) is 148 Å². The molecule has 3 heterocycles. The third kappa shape index (κ3) is 9.08. The van der Waals surface area contributed by atoms with Gasteiger partial charge < -0.3 is 28.7 Å². The average Bonchev–Trinajstić information content (AvgIpc) is 2.95. The minimum Gasteiger partial charge on any atom is -0.463 e. The van der Waals surface area contributed by atoms with Gasteiger partial charge in [0, 0.05) is 70.2 Å². The number of Topliss-reactive ketones (excluding diaryl/α,β-unsaturated/α-hetero) is 1. The monoisotopic (exact) mass is 652 g/mol. The first-order chi connectivity index (χ1) is 21.3. The number of carbonyl (C=O) groups is 3. The van der Waals surface area contributed by atoms with Crippen LogP contribution in [0.4, 0.5) is 0 Å². The van der Waals surface area contributed by atoms with Crippen LogP contribution in [0.2, 0.25) is 0 Å². The van der Waals surface area contributed by atoms with Crippen molar-refractivity contribution in [2.24, 2.45) is 23.2 Å². The van der Waals surface area contributed by atoms with Gasteiger partial charge in [-0.2, -0.15) is 0 Å². The van der Waals surface area contributed by atoms with E-state index in [0.717, 1.165) is 26.1 Å². The van der Waals surface area contributed by atoms with E-state index in [9.17, 15) is 14.4 Å². The van der Waals surface area contributed by atoms with Crippen LogP contribution in [0.3, 0.4) is 0 Å². The first-order valence-electron chi connectivity index (χ1n) is 17.2. The summed E-state index contributed by atoms with van der Waals surface area (Å²) in [6, 6.07) is 0.388. The molecule has 3 aliphatic heterocycles. The Morgan fingerprint density at radius 1 is 1.04 bits per heavy atom. The zero-order chi connectivity index (χ0) is 34.7. The van der Waals surface area contributed by atoms with Gasteiger partial charge in [-0.15, -0.1) is 0 Å². The number of nitrogens with zero attached hydrogens (tertiary/aromatic N) is 4. The van der Waals surface area contributed by atoms with Crippen LogP contribution >= 0.6 is 0 Å². The van der Waals surface area contributed by atoms with Gasteiger partial charge in [0.25, 0.3) is 0 Å². The molecule has 0 spiro atoms. The van der Waals surface area contributed by atoms with Crippen LogP contribution < -0.4 is 0 Å². The van der Waals surface area contributed by atoms with Gasteiger partial charge in [-0.3, -0.25) is 24.2 Å². The molecule has 3 fully saturated rings. The lowest BCUT2D eigenvalue weighted by atomic mass is 9.74. The summed E-state index contributed by atoms with van der Waals surface area (Å²) in [4.78, 5) is 48.9. The second-order valence-electron chi connectivity index (χ2n) is 15.8. The second-order valence-corrected chi connectivity index (χ2v) is 15.8. The minimum atomic E-state index is -1.38. The molecule has 266 valence electrons. The van der Waals surface area contributed by atoms with Crippen LogP contribution in [0, 0.1) is 23.2 Å². The summed E-state index contributed by atoms with van der Waals surface area (Å²) in [5, 5.41) is 0. The summed E-state index contributed by atoms with van der Waals surface area (Å²) in [7, 11) is 9.72. The molecule has 11 nitrogen and oxygen atoms in total. The van der Waals surface area contributed by atoms with E-state index >= 15 is 0 Å². The number of carbonyl (C=O) groups excluding carboxylic acids is 3. The first-order valence-corrected chi connectivity index (χ1v) is 17.2. The quantitative estimate of drug-likeness (QED) is 0.287. The second kappa shape index (κ2) is 15.7. The van der Waals surface area contributed by atoms with E-state index in [1.165, 1.54) is 0 Å². The molecule has 0 N–H and O–H groups in total. The average molecular weight is 653 g/mol. The Morgan fingerprint density at radius 3 is 2.24 bits per heavy atom. The standard InChI is InChI=1S/C35H64N4O7/c1-22(2)38(12)29(40)20-39-18-26(19-39)28-21-44-33(42)34(6,7)31(41)25(5)32(35(8,43-13)16-23(3)17-37(28)11)46-30-15-27(36(9)10)14-24(4)45-30/h22-28,30,32H,14-21H2,1-13H3/t23-,24-,25+,27+,28?,30+,32-,35-/m1/s1. The highest BCUT2D eigenvalue weighted by molar-refractivity contribution is 6.04. The molecule has 0 radical (unpaired) electrons. The van der Waals surface area contributed by atoms with Crippen molar-refractivity contribution in [1.29, 1.82) is 0 Å². The fourth-order valence-corrected chi connectivity index (χ4v) is 7.58. The van der Waals surface area contributed by atoms with Crippen LogP contribution in [0.1, 0.15) is 74.7 Å². The predicted molar refractivity (Wildman–Crippen MR) is 178 cm³/mol. The molecule has 0 aromatic rings. The highest BCUT2D eigenvalue weighted by Gasteiger charge is 2.51. The zero-order valence-electron chi connectivity index (χ0n) is 31.0. The summed E-state index contributed by atoms with van der Waals surface area (Å²) in [5.41, 5.74) is -2.21. The lowest BCUT2D eigenvalue weighted by molar-refractivity contribution is -0.263. The number of ketones is 1. The van der Waals surface area contributed by atoms with E-state index in [2.05, 4.69) is 49.7 Å². The Morgan fingerprint density at radius 2 is 1.67 bits per heavy atom. The van der Waals surface area contributed by atoms with Gasteiger partial charge in [0.1, 0.15) is 12.0 Å². The van der Waals surface area contributed by atoms with Gasteiger partial charge in [-0.05, 0) is 81.4 Å². The van der Waals surface area contributed by atoms with Crippen LogP contribution in [0.5, 0.6) is 0 Å². The van der Waals surface area contributed by atoms with Gasteiger partial charge in [-0.1, -0.05) is 13.8 Å². The van der Waals surface area contributed by atoms with E-state index in [0.29, 0.717) is 19.4 Å². The lowest BCUT2D eigenvalue weighted by Gasteiger charge is -2.47. The maximum absolute atomic E-state index is 14.2. The zero-order valence-corrected chi connectivity index (χ0v) is 31.0. The van der Waals surface area contributed by atoms with Gasteiger partial charge >= 0.3 is 5.97 Å². The van der Waals surface area contributed by atoms with Gasteiger partial charge in [-0.25, -0.2) is 0 Å². The third-order valence-corrected chi connectivity index (χ3v) is 10.9. The summed E-state index contributed by atoms with van der Waals surface area (Å²) in [5.74, 6) is -0.925. The number of likely N-dealkylation sites (N-methyl/N-ethyl adjacent to an activating group) is 2. The molecule has 0 aromatic heterocycles. The topological polar surface area (TPSA) is 101 Å². The van der Waals surface area contributed by atoms with Crippen molar-refractivity contribution in [2.75, 3.05) is 68.1 Å². The summed E-state index contributed by atoms with van der Waals surface area (Å²) < 4.78 is 25.3. The Labute approximate surface area is 278 Å². The molecule has 1 unspecified atom stereocenters. The molecule has 0 bridgehead atoms. The molecule has 0 aliphatic carbocycles. The molecule has 8 atom stereocenters. The normalized spacial score (nSPS) is 36.0. The number of cyclic esters (lactones) is 1. The van der Waals surface area contributed by atoms with E-state index in [1.807, 2.05) is 34.7 Å².